The molecule has 3 heteroatoms. The zero-order valence-electron chi connectivity index (χ0n) is 10.4. The molecule has 0 unspecified atom stereocenters. The summed E-state index contributed by atoms with van der Waals surface area (Å²) in [4.78, 5) is 12.2. The Morgan fingerprint density at radius 1 is 0.947 bits per heavy atom. The second-order valence-electron chi connectivity index (χ2n) is 4.39. The Morgan fingerprint density at radius 3 is 2.37 bits per heavy atom. The lowest BCUT2D eigenvalue weighted by molar-refractivity contribution is 0.763. The predicted molar refractivity (Wildman–Crippen MR) is 77.8 cm³/mol. The third-order valence-corrected chi connectivity index (χ3v) is 3.27. The predicted octanol–water partition coefficient (Wildman–Crippen LogP) is 2.58. The van der Waals surface area contributed by atoms with Gasteiger partial charge in [-0.25, -0.2) is 0 Å². The van der Waals surface area contributed by atoms with Gasteiger partial charge in [-0.3, -0.25) is 4.79 Å². The lowest BCUT2D eigenvalue weighted by atomic mass is 10.1. The molecule has 0 aliphatic carbocycles. The molecule has 0 aliphatic heterocycles. The van der Waals surface area contributed by atoms with Crippen LogP contribution in [0.25, 0.3) is 22.2 Å². The minimum absolute atomic E-state index is 0.0270. The number of hydrogen-bond donors (Lipinski definition) is 1. The van der Waals surface area contributed by atoms with E-state index in [1.807, 2.05) is 59.2 Å². The molecule has 19 heavy (non-hydrogen) atoms. The van der Waals surface area contributed by atoms with Crippen molar-refractivity contribution < 1.29 is 0 Å². The van der Waals surface area contributed by atoms with Crippen LogP contribution in [0.4, 0.5) is 0 Å². The molecule has 94 valence electrons. The Morgan fingerprint density at radius 2 is 1.63 bits per heavy atom. The summed E-state index contributed by atoms with van der Waals surface area (Å²) >= 11 is 0. The number of aromatic nitrogens is 1. The highest BCUT2D eigenvalue weighted by molar-refractivity contribution is 5.82. The topological polar surface area (TPSA) is 48.0 Å². The number of fused-ring (bicyclic) bond motifs is 1. The smallest absolute Gasteiger partial charge is 0.190 e. The third-order valence-electron chi connectivity index (χ3n) is 3.27. The van der Waals surface area contributed by atoms with Crippen LogP contribution in [-0.2, 0) is 6.67 Å². The standard InChI is InChI=1S/C16H14N2O/c17-11-18-14-9-5-4-8-13(14)16(19)10-15(18)12-6-2-1-3-7-12/h1-10H,11,17H2. The summed E-state index contributed by atoms with van der Waals surface area (Å²) < 4.78 is 1.96. The van der Waals surface area contributed by atoms with Crippen molar-refractivity contribution in [3.8, 4) is 11.3 Å². The van der Waals surface area contributed by atoms with Crippen LogP contribution in [0.3, 0.4) is 0 Å². The van der Waals surface area contributed by atoms with Crippen LogP contribution in [0.2, 0.25) is 0 Å². The molecule has 2 N–H and O–H groups in total. The van der Waals surface area contributed by atoms with Gasteiger partial charge in [-0.15, -0.1) is 0 Å². The van der Waals surface area contributed by atoms with Gasteiger partial charge < -0.3 is 10.3 Å². The maximum Gasteiger partial charge on any atom is 0.190 e. The normalized spacial score (nSPS) is 10.8. The summed E-state index contributed by atoms with van der Waals surface area (Å²) in [5.74, 6) is 0. The number of pyridine rings is 1. The van der Waals surface area contributed by atoms with Gasteiger partial charge >= 0.3 is 0 Å². The quantitative estimate of drug-likeness (QED) is 0.760. The van der Waals surface area contributed by atoms with Crippen LogP contribution in [0.5, 0.6) is 0 Å². The van der Waals surface area contributed by atoms with E-state index in [1.165, 1.54) is 0 Å². The molecule has 0 bridgehead atoms. The number of nitrogens with two attached hydrogens (primary N) is 1. The fraction of sp³-hybridized carbons (Fsp3) is 0.0625. The van der Waals surface area contributed by atoms with Crippen LogP contribution in [0.1, 0.15) is 0 Å². The van der Waals surface area contributed by atoms with E-state index in [-0.39, 0.29) is 5.43 Å². The molecule has 1 aromatic heterocycles. The lowest BCUT2D eigenvalue weighted by Crippen LogP contribution is -2.16. The summed E-state index contributed by atoms with van der Waals surface area (Å²) in [5, 5.41) is 0.702. The van der Waals surface area contributed by atoms with Crippen molar-refractivity contribution in [2.45, 2.75) is 6.67 Å². The number of rotatable bonds is 2. The number of para-hydroxylation sites is 1. The van der Waals surface area contributed by atoms with Crippen molar-refractivity contribution in [1.29, 1.82) is 0 Å². The van der Waals surface area contributed by atoms with Gasteiger partial charge in [0.05, 0.1) is 17.9 Å². The number of benzene rings is 2. The zero-order valence-corrected chi connectivity index (χ0v) is 10.4. The largest absolute Gasteiger partial charge is 0.327 e. The average molecular weight is 250 g/mol. The Kier molecular flexibility index (Phi) is 2.89. The average Bonchev–Trinajstić information content (AvgIpc) is 2.48. The molecule has 3 aromatic rings. The molecule has 0 atom stereocenters. The first kappa shape index (κ1) is 11.7. The van der Waals surface area contributed by atoms with Crippen molar-refractivity contribution in [3.05, 3.63) is 70.9 Å². The van der Waals surface area contributed by atoms with Gasteiger partial charge in [-0.2, -0.15) is 0 Å². The van der Waals surface area contributed by atoms with Gasteiger partial charge in [-0.1, -0.05) is 42.5 Å². The van der Waals surface area contributed by atoms with Crippen LogP contribution >= 0.6 is 0 Å². The van der Waals surface area contributed by atoms with Gasteiger partial charge in [0.1, 0.15) is 0 Å². The second-order valence-corrected chi connectivity index (χ2v) is 4.39. The highest BCUT2D eigenvalue weighted by Gasteiger charge is 2.08. The zero-order chi connectivity index (χ0) is 13.2. The van der Waals surface area contributed by atoms with Gasteiger partial charge in [0.15, 0.2) is 5.43 Å². The molecular formula is C16H14N2O. The van der Waals surface area contributed by atoms with Crippen molar-refractivity contribution in [3.63, 3.8) is 0 Å². The lowest BCUT2D eigenvalue weighted by Gasteiger charge is -2.15. The van der Waals surface area contributed by atoms with E-state index < -0.39 is 0 Å². The molecule has 0 amide bonds. The van der Waals surface area contributed by atoms with E-state index in [1.54, 1.807) is 6.07 Å². The summed E-state index contributed by atoms with van der Waals surface area (Å²) in [6.07, 6.45) is 0. The van der Waals surface area contributed by atoms with E-state index in [9.17, 15) is 4.79 Å². The Hall–Kier alpha value is -2.39. The molecule has 0 fully saturated rings. The Labute approximate surface area is 110 Å². The molecule has 0 saturated carbocycles. The molecule has 3 nitrogen and oxygen atoms in total. The van der Waals surface area contributed by atoms with Crippen LogP contribution in [-0.4, -0.2) is 4.57 Å². The van der Waals surface area contributed by atoms with Crippen molar-refractivity contribution >= 4 is 10.9 Å². The summed E-state index contributed by atoms with van der Waals surface area (Å²) in [5.41, 5.74) is 8.61. The Balaban J connectivity index is 2.41. The number of nitrogens with zero attached hydrogens (tertiary/aromatic N) is 1. The first-order valence-corrected chi connectivity index (χ1v) is 6.19. The summed E-state index contributed by atoms with van der Waals surface area (Å²) in [6.45, 7) is 0.338. The SMILES string of the molecule is NCn1c(-c2ccccc2)cc(=O)c2ccccc21. The van der Waals surface area contributed by atoms with E-state index in [4.69, 9.17) is 5.73 Å². The molecule has 0 spiro atoms. The van der Waals surface area contributed by atoms with E-state index >= 15 is 0 Å². The molecule has 0 radical (unpaired) electrons. The fourth-order valence-corrected chi connectivity index (χ4v) is 2.37. The maximum absolute atomic E-state index is 12.2. The van der Waals surface area contributed by atoms with Crippen molar-refractivity contribution in [2.75, 3.05) is 0 Å². The van der Waals surface area contributed by atoms with Crippen molar-refractivity contribution in [1.82, 2.24) is 4.57 Å². The van der Waals surface area contributed by atoms with Gasteiger partial charge in [0.2, 0.25) is 0 Å². The van der Waals surface area contributed by atoms with E-state index in [0.29, 0.717) is 12.1 Å². The fourth-order valence-electron chi connectivity index (χ4n) is 2.37. The second kappa shape index (κ2) is 4.71. The summed E-state index contributed by atoms with van der Waals surface area (Å²) in [7, 11) is 0. The highest BCUT2D eigenvalue weighted by atomic mass is 16.1. The van der Waals surface area contributed by atoms with E-state index in [0.717, 1.165) is 16.8 Å². The molecule has 3 rings (SSSR count). The van der Waals surface area contributed by atoms with Crippen LogP contribution < -0.4 is 11.2 Å². The van der Waals surface area contributed by atoms with Gasteiger partial charge in [0.25, 0.3) is 0 Å². The summed E-state index contributed by atoms with van der Waals surface area (Å²) in [6, 6.07) is 19.0. The highest BCUT2D eigenvalue weighted by Crippen LogP contribution is 2.21. The van der Waals surface area contributed by atoms with Crippen LogP contribution in [0.15, 0.2) is 65.5 Å². The molecular weight excluding hydrogens is 236 g/mol. The third kappa shape index (κ3) is 1.94. The van der Waals surface area contributed by atoms with Gasteiger partial charge in [0, 0.05) is 11.5 Å². The minimum atomic E-state index is 0.0270. The number of hydrogen-bond acceptors (Lipinski definition) is 2. The molecule has 1 heterocycles. The van der Waals surface area contributed by atoms with E-state index in [2.05, 4.69) is 0 Å². The monoisotopic (exact) mass is 250 g/mol. The Bertz CT molecular complexity index is 776. The van der Waals surface area contributed by atoms with Crippen molar-refractivity contribution in [2.24, 2.45) is 5.73 Å². The molecule has 0 aliphatic rings. The molecule has 2 aromatic carbocycles. The molecule has 0 saturated heterocycles. The first-order chi connectivity index (χ1) is 9.31. The maximum atomic E-state index is 12.2. The van der Waals surface area contributed by atoms with Crippen LogP contribution in [0, 0.1) is 0 Å². The minimum Gasteiger partial charge on any atom is -0.327 e. The van der Waals surface area contributed by atoms with Gasteiger partial charge in [-0.05, 0) is 17.7 Å². The first-order valence-electron chi connectivity index (χ1n) is 6.19.